The van der Waals surface area contributed by atoms with Gasteiger partial charge >= 0.3 is 5.97 Å². The first-order chi connectivity index (χ1) is 12.2. The number of nitro groups is 1. The average Bonchev–Trinajstić information content (AvgIpc) is 2.57. The Labute approximate surface area is 148 Å². The molecule has 1 aliphatic heterocycles. The first kappa shape index (κ1) is 17.5. The minimum atomic E-state index is -1.07. The van der Waals surface area contributed by atoms with Gasteiger partial charge in [-0.25, -0.2) is 0 Å². The fraction of sp³-hybridized carbons (Fsp3) is 0.278. The zero-order valence-electron chi connectivity index (χ0n) is 14.4. The number of methoxy groups -OCH3 is 1. The van der Waals surface area contributed by atoms with E-state index in [4.69, 9.17) is 0 Å². The molecule has 134 valence electrons. The quantitative estimate of drug-likeness (QED) is 0.389. The van der Waals surface area contributed by atoms with Gasteiger partial charge in [-0.3, -0.25) is 29.8 Å². The van der Waals surface area contributed by atoms with Gasteiger partial charge in [-0.2, -0.15) is 0 Å². The van der Waals surface area contributed by atoms with E-state index in [0.717, 1.165) is 0 Å². The summed E-state index contributed by atoms with van der Waals surface area (Å²) < 4.78 is 4.69. The molecule has 0 saturated heterocycles. The fourth-order valence-electron chi connectivity index (χ4n) is 3.44. The summed E-state index contributed by atoms with van der Waals surface area (Å²) in [5, 5.41) is 14.7. The van der Waals surface area contributed by atoms with Crippen LogP contribution in [0.2, 0.25) is 0 Å². The van der Waals surface area contributed by atoms with Gasteiger partial charge in [-0.05, 0) is 11.5 Å². The van der Waals surface area contributed by atoms with Crippen LogP contribution in [-0.2, 0) is 14.9 Å². The molecule has 1 N–H and O–H groups in total. The number of amides is 2. The van der Waals surface area contributed by atoms with E-state index in [9.17, 15) is 24.5 Å². The van der Waals surface area contributed by atoms with Crippen molar-refractivity contribution >= 4 is 34.2 Å². The van der Waals surface area contributed by atoms with E-state index < -0.39 is 28.1 Å². The second kappa shape index (κ2) is 5.91. The van der Waals surface area contributed by atoms with Crippen molar-refractivity contribution < 1.29 is 24.0 Å². The molecule has 0 aliphatic carbocycles. The third-order valence-electron chi connectivity index (χ3n) is 4.53. The molecule has 2 aromatic rings. The van der Waals surface area contributed by atoms with Crippen LogP contribution in [-0.4, -0.2) is 29.8 Å². The predicted molar refractivity (Wildman–Crippen MR) is 92.1 cm³/mol. The van der Waals surface area contributed by atoms with Gasteiger partial charge in [0, 0.05) is 28.0 Å². The number of imide groups is 1. The van der Waals surface area contributed by atoms with E-state index >= 15 is 0 Å². The lowest BCUT2D eigenvalue weighted by Crippen LogP contribution is -2.38. The van der Waals surface area contributed by atoms with Crippen LogP contribution in [0.25, 0.3) is 10.8 Å². The molecule has 8 nitrogen and oxygen atoms in total. The number of nitrogens with zero attached hydrogens (tertiary/aromatic N) is 1. The Kier molecular flexibility index (Phi) is 3.98. The molecule has 1 heterocycles. The van der Waals surface area contributed by atoms with E-state index in [1.165, 1.54) is 13.2 Å². The SMILES string of the molecule is COC(=O)CC(C)(C)c1c([N+](=O)[O-])cc2cccc3c2c1C(=O)NC3=O. The Morgan fingerprint density at radius 2 is 1.96 bits per heavy atom. The molecule has 3 rings (SSSR count). The van der Waals surface area contributed by atoms with E-state index in [1.807, 2.05) is 0 Å². The number of esters is 1. The lowest BCUT2D eigenvalue weighted by Gasteiger charge is -2.28. The molecule has 26 heavy (non-hydrogen) atoms. The van der Waals surface area contributed by atoms with Gasteiger partial charge in [0.15, 0.2) is 0 Å². The molecule has 0 bridgehead atoms. The first-order valence-electron chi connectivity index (χ1n) is 7.84. The molecule has 1 aliphatic rings. The summed E-state index contributed by atoms with van der Waals surface area (Å²) in [6, 6.07) is 6.09. The third kappa shape index (κ3) is 2.59. The van der Waals surface area contributed by atoms with Gasteiger partial charge in [0.1, 0.15) is 0 Å². The average molecular weight is 356 g/mol. The summed E-state index contributed by atoms with van der Waals surface area (Å²) in [6.45, 7) is 3.25. The molecule has 0 atom stereocenters. The summed E-state index contributed by atoms with van der Waals surface area (Å²) in [5.74, 6) is -1.83. The summed E-state index contributed by atoms with van der Waals surface area (Å²) in [7, 11) is 1.22. The molecule has 0 unspecified atom stereocenters. The summed E-state index contributed by atoms with van der Waals surface area (Å²) in [6.07, 6.45) is -0.160. The van der Waals surface area contributed by atoms with E-state index in [2.05, 4.69) is 10.1 Å². The van der Waals surface area contributed by atoms with Crippen molar-refractivity contribution in [1.82, 2.24) is 5.32 Å². The van der Waals surface area contributed by atoms with Crippen LogP contribution in [0.15, 0.2) is 24.3 Å². The molecule has 0 radical (unpaired) electrons. The van der Waals surface area contributed by atoms with Gasteiger partial charge in [0.2, 0.25) is 0 Å². The number of ether oxygens (including phenoxy) is 1. The Bertz CT molecular complexity index is 993. The molecule has 2 amide bonds. The highest BCUT2D eigenvalue weighted by molar-refractivity contribution is 6.26. The maximum atomic E-state index is 12.6. The van der Waals surface area contributed by atoms with Crippen LogP contribution in [0.5, 0.6) is 0 Å². The van der Waals surface area contributed by atoms with Crippen molar-refractivity contribution in [1.29, 1.82) is 0 Å². The number of hydrogen-bond donors (Lipinski definition) is 1. The molecule has 0 fully saturated rings. The zero-order chi connectivity index (χ0) is 19.2. The van der Waals surface area contributed by atoms with Crippen LogP contribution in [0.4, 0.5) is 5.69 Å². The van der Waals surface area contributed by atoms with Crippen LogP contribution in [0.3, 0.4) is 0 Å². The molecule has 2 aromatic carbocycles. The Morgan fingerprint density at radius 3 is 2.58 bits per heavy atom. The highest BCUT2D eigenvalue weighted by atomic mass is 16.6. The van der Waals surface area contributed by atoms with Gasteiger partial charge in [0.25, 0.3) is 17.5 Å². The summed E-state index contributed by atoms with van der Waals surface area (Å²) in [5.41, 5.74) is -0.912. The monoisotopic (exact) mass is 356 g/mol. The van der Waals surface area contributed by atoms with Gasteiger partial charge in [-0.1, -0.05) is 26.0 Å². The lowest BCUT2D eigenvalue weighted by atomic mass is 9.75. The van der Waals surface area contributed by atoms with Crippen LogP contribution >= 0.6 is 0 Å². The van der Waals surface area contributed by atoms with E-state index in [1.54, 1.807) is 32.0 Å². The van der Waals surface area contributed by atoms with Crippen LogP contribution in [0, 0.1) is 10.1 Å². The number of hydrogen-bond acceptors (Lipinski definition) is 6. The Balaban J connectivity index is 2.45. The smallest absolute Gasteiger partial charge is 0.306 e. The van der Waals surface area contributed by atoms with Crippen molar-refractivity contribution in [3.8, 4) is 0 Å². The maximum Gasteiger partial charge on any atom is 0.306 e. The van der Waals surface area contributed by atoms with E-state index in [-0.39, 0.29) is 28.8 Å². The number of nitrogens with one attached hydrogen (secondary N) is 1. The second-order valence-corrected chi connectivity index (χ2v) is 6.73. The fourth-order valence-corrected chi connectivity index (χ4v) is 3.44. The Morgan fingerprint density at radius 1 is 1.27 bits per heavy atom. The molecule has 0 spiro atoms. The van der Waals surface area contributed by atoms with Gasteiger partial charge in [0.05, 0.1) is 24.0 Å². The number of benzene rings is 2. The van der Waals surface area contributed by atoms with Crippen molar-refractivity contribution in [2.24, 2.45) is 0 Å². The molecule has 8 heteroatoms. The summed E-state index contributed by atoms with van der Waals surface area (Å²) >= 11 is 0. The second-order valence-electron chi connectivity index (χ2n) is 6.73. The molecular formula is C18H16N2O6. The maximum absolute atomic E-state index is 12.6. The van der Waals surface area contributed by atoms with Crippen LogP contribution < -0.4 is 5.32 Å². The van der Waals surface area contributed by atoms with E-state index in [0.29, 0.717) is 10.8 Å². The number of carbonyl (C=O) groups is 3. The van der Waals surface area contributed by atoms with Crippen molar-refractivity contribution in [3.63, 3.8) is 0 Å². The first-order valence-corrected chi connectivity index (χ1v) is 7.84. The van der Waals surface area contributed by atoms with Gasteiger partial charge in [-0.15, -0.1) is 0 Å². The summed E-state index contributed by atoms with van der Waals surface area (Å²) in [4.78, 5) is 47.7. The molecule has 0 aromatic heterocycles. The number of carbonyl (C=O) groups excluding carboxylic acids is 3. The molecule has 0 saturated carbocycles. The Hall–Kier alpha value is -3.29. The third-order valence-corrected chi connectivity index (χ3v) is 4.53. The molecular weight excluding hydrogens is 340 g/mol. The largest absolute Gasteiger partial charge is 0.469 e. The lowest BCUT2D eigenvalue weighted by molar-refractivity contribution is -0.385. The van der Waals surface area contributed by atoms with Crippen LogP contribution in [0.1, 0.15) is 46.5 Å². The zero-order valence-corrected chi connectivity index (χ0v) is 14.4. The number of nitro benzene ring substituents is 1. The standard InChI is InChI=1S/C18H16N2O6/c1-18(2,8-12(21)26-3)15-11(20(24)25)7-9-5-4-6-10-13(9)14(15)17(23)19-16(10)22/h4-7H,8H2,1-3H3,(H,19,22,23). The minimum Gasteiger partial charge on any atom is -0.469 e. The van der Waals surface area contributed by atoms with Crippen molar-refractivity contribution in [2.75, 3.05) is 7.11 Å². The van der Waals surface area contributed by atoms with Crippen molar-refractivity contribution in [3.05, 3.63) is 51.1 Å². The number of rotatable bonds is 4. The predicted octanol–water partition coefficient (Wildman–Crippen LogP) is 2.47. The van der Waals surface area contributed by atoms with Crippen molar-refractivity contribution in [2.45, 2.75) is 25.7 Å². The van der Waals surface area contributed by atoms with Gasteiger partial charge < -0.3 is 4.74 Å². The minimum absolute atomic E-state index is 0.0540. The highest BCUT2D eigenvalue weighted by Crippen LogP contribution is 2.42. The topological polar surface area (TPSA) is 116 Å². The normalized spacial score (nSPS) is 13.5. The highest BCUT2D eigenvalue weighted by Gasteiger charge is 2.40.